The van der Waals surface area contributed by atoms with Crippen LogP contribution in [-0.4, -0.2) is 6.54 Å². The molecule has 0 bridgehead atoms. The fourth-order valence-electron chi connectivity index (χ4n) is 2.39. The van der Waals surface area contributed by atoms with E-state index in [1.807, 2.05) is 0 Å². The van der Waals surface area contributed by atoms with Gasteiger partial charge in [-0.1, -0.05) is 25.8 Å². The topological polar surface area (TPSA) is 12.0 Å². The van der Waals surface area contributed by atoms with Crippen molar-refractivity contribution in [2.75, 3.05) is 11.9 Å². The van der Waals surface area contributed by atoms with Crippen molar-refractivity contribution < 1.29 is 0 Å². The van der Waals surface area contributed by atoms with E-state index in [9.17, 15) is 0 Å². The van der Waals surface area contributed by atoms with Crippen LogP contribution >= 0.6 is 22.6 Å². The van der Waals surface area contributed by atoms with Crippen LogP contribution in [0.15, 0.2) is 24.3 Å². The molecule has 0 unspecified atom stereocenters. The highest BCUT2D eigenvalue weighted by atomic mass is 127. The first-order valence-electron chi connectivity index (χ1n) is 6.23. The molecular formula is C14H20IN. The smallest absolute Gasteiger partial charge is 0.0350 e. The van der Waals surface area contributed by atoms with Crippen molar-refractivity contribution in [1.82, 2.24) is 0 Å². The normalized spacial score (nSPS) is 25.4. The highest BCUT2D eigenvalue weighted by Gasteiger charge is 2.17. The van der Waals surface area contributed by atoms with Gasteiger partial charge in [0.1, 0.15) is 0 Å². The molecule has 1 aromatic rings. The van der Waals surface area contributed by atoms with Gasteiger partial charge in [-0.2, -0.15) is 0 Å². The molecule has 1 nitrogen and oxygen atoms in total. The lowest BCUT2D eigenvalue weighted by molar-refractivity contribution is 0.300. The Bertz CT molecular complexity index is 329. The summed E-state index contributed by atoms with van der Waals surface area (Å²) in [5.41, 5.74) is 1.27. The maximum atomic E-state index is 3.57. The molecule has 88 valence electrons. The average Bonchev–Trinajstić information content (AvgIpc) is 2.28. The number of hydrogen-bond acceptors (Lipinski definition) is 1. The summed E-state index contributed by atoms with van der Waals surface area (Å²) in [6.45, 7) is 3.52. The minimum atomic E-state index is 0.883. The van der Waals surface area contributed by atoms with Gasteiger partial charge < -0.3 is 5.32 Å². The lowest BCUT2D eigenvalue weighted by atomic mass is 9.83. The molecule has 1 aliphatic rings. The number of hydrogen-bond donors (Lipinski definition) is 1. The van der Waals surface area contributed by atoms with E-state index in [0.717, 1.165) is 18.4 Å². The molecule has 1 N–H and O–H groups in total. The van der Waals surface area contributed by atoms with E-state index in [1.165, 1.54) is 34.9 Å². The third kappa shape index (κ3) is 3.65. The first kappa shape index (κ1) is 12.2. The summed E-state index contributed by atoms with van der Waals surface area (Å²) in [5.74, 6) is 1.84. The molecule has 16 heavy (non-hydrogen) atoms. The van der Waals surface area contributed by atoms with Crippen molar-refractivity contribution >= 4 is 28.3 Å². The molecule has 2 heteroatoms. The molecule has 0 spiro atoms. The summed E-state index contributed by atoms with van der Waals surface area (Å²) in [4.78, 5) is 0. The molecule has 0 atom stereocenters. The predicted molar refractivity (Wildman–Crippen MR) is 78.8 cm³/mol. The van der Waals surface area contributed by atoms with Gasteiger partial charge in [0.25, 0.3) is 0 Å². The molecular weight excluding hydrogens is 309 g/mol. The first-order chi connectivity index (χ1) is 7.74. The summed E-state index contributed by atoms with van der Waals surface area (Å²) in [5, 5.41) is 3.57. The van der Waals surface area contributed by atoms with E-state index in [1.54, 1.807) is 0 Å². The summed E-state index contributed by atoms with van der Waals surface area (Å²) in [7, 11) is 0. The zero-order valence-electron chi connectivity index (χ0n) is 9.88. The SMILES string of the molecule is CC1CCC(CNc2cccc(I)c2)CC1. The monoisotopic (exact) mass is 329 g/mol. The Morgan fingerprint density at radius 3 is 2.69 bits per heavy atom. The van der Waals surface area contributed by atoms with Gasteiger partial charge >= 0.3 is 0 Å². The Balaban J connectivity index is 1.79. The lowest BCUT2D eigenvalue weighted by Crippen LogP contribution is -2.20. The minimum Gasteiger partial charge on any atom is -0.385 e. The lowest BCUT2D eigenvalue weighted by Gasteiger charge is -2.26. The highest BCUT2D eigenvalue weighted by Crippen LogP contribution is 2.28. The molecule has 2 rings (SSSR count). The van der Waals surface area contributed by atoms with Gasteiger partial charge in [0, 0.05) is 15.8 Å². The van der Waals surface area contributed by atoms with Crippen molar-refractivity contribution in [2.45, 2.75) is 32.6 Å². The van der Waals surface area contributed by atoms with Crippen molar-refractivity contribution in [1.29, 1.82) is 0 Å². The first-order valence-corrected chi connectivity index (χ1v) is 7.31. The zero-order chi connectivity index (χ0) is 11.4. The fourth-order valence-corrected chi connectivity index (χ4v) is 2.94. The fraction of sp³-hybridized carbons (Fsp3) is 0.571. The van der Waals surface area contributed by atoms with Crippen molar-refractivity contribution in [2.24, 2.45) is 11.8 Å². The van der Waals surface area contributed by atoms with Crippen LogP contribution in [0.2, 0.25) is 0 Å². The largest absolute Gasteiger partial charge is 0.385 e. The van der Waals surface area contributed by atoms with Crippen molar-refractivity contribution in [3.63, 3.8) is 0 Å². The Morgan fingerprint density at radius 2 is 2.00 bits per heavy atom. The number of anilines is 1. The highest BCUT2D eigenvalue weighted by molar-refractivity contribution is 14.1. The van der Waals surface area contributed by atoms with Gasteiger partial charge in [0.05, 0.1) is 0 Å². The zero-order valence-corrected chi connectivity index (χ0v) is 12.0. The van der Waals surface area contributed by atoms with Crippen LogP contribution in [0.5, 0.6) is 0 Å². The number of rotatable bonds is 3. The molecule has 0 saturated heterocycles. The van der Waals surface area contributed by atoms with Crippen LogP contribution in [0.4, 0.5) is 5.69 Å². The quantitative estimate of drug-likeness (QED) is 0.804. The van der Waals surface area contributed by atoms with Crippen molar-refractivity contribution in [3.05, 3.63) is 27.8 Å². The van der Waals surface area contributed by atoms with E-state index < -0.39 is 0 Å². The maximum absolute atomic E-state index is 3.57. The van der Waals surface area contributed by atoms with E-state index >= 15 is 0 Å². The van der Waals surface area contributed by atoms with E-state index in [-0.39, 0.29) is 0 Å². The van der Waals surface area contributed by atoms with Crippen LogP contribution in [0.1, 0.15) is 32.6 Å². The molecule has 0 heterocycles. The molecule has 1 aromatic carbocycles. The second-order valence-electron chi connectivity index (χ2n) is 5.02. The summed E-state index contributed by atoms with van der Waals surface area (Å²) < 4.78 is 1.31. The molecule has 0 aromatic heterocycles. The van der Waals surface area contributed by atoms with E-state index in [4.69, 9.17) is 0 Å². The second-order valence-corrected chi connectivity index (χ2v) is 6.26. The third-order valence-electron chi connectivity index (χ3n) is 3.55. The van der Waals surface area contributed by atoms with Crippen molar-refractivity contribution in [3.8, 4) is 0 Å². The summed E-state index contributed by atoms with van der Waals surface area (Å²) in [6.07, 6.45) is 5.63. The Kier molecular flexibility index (Phi) is 4.50. The van der Waals surface area contributed by atoms with Crippen LogP contribution in [0.3, 0.4) is 0 Å². The molecule has 1 saturated carbocycles. The Hall–Kier alpha value is -0.250. The van der Waals surface area contributed by atoms with Crippen LogP contribution in [-0.2, 0) is 0 Å². The predicted octanol–water partition coefficient (Wildman–Crippen LogP) is 4.53. The van der Waals surface area contributed by atoms with Gasteiger partial charge in [-0.05, 0) is 65.5 Å². The van der Waals surface area contributed by atoms with Gasteiger partial charge in [0.15, 0.2) is 0 Å². The molecule has 1 aliphatic carbocycles. The van der Waals surface area contributed by atoms with E-state index in [0.29, 0.717) is 0 Å². The Morgan fingerprint density at radius 1 is 1.25 bits per heavy atom. The van der Waals surface area contributed by atoms with Gasteiger partial charge in [-0.3, -0.25) is 0 Å². The average molecular weight is 329 g/mol. The molecule has 0 amide bonds. The molecule has 1 fully saturated rings. The van der Waals surface area contributed by atoms with Crippen LogP contribution in [0.25, 0.3) is 0 Å². The van der Waals surface area contributed by atoms with Gasteiger partial charge in [0.2, 0.25) is 0 Å². The van der Waals surface area contributed by atoms with Crippen LogP contribution in [0, 0.1) is 15.4 Å². The van der Waals surface area contributed by atoms with Crippen LogP contribution < -0.4 is 5.32 Å². The third-order valence-corrected chi connectivity index (χ3v) is 4.23. The summed E-state index contributed by atoms with van der Waals surface area (Å²) >= 11 is 2.36. The minimum absolute atomic E-state index is 0.883. The Labute approximate surface area is 112 Å². The number of halogens is 1. The number of benzene rings is 1. The standard InChI is InChI=1S/C14H20IN/c1-11-5-7-12(8-6-11)10-16-14-4-2-3-13(15)9-14/h2-4,9,11-12,16H,5-8,10H2,1H3. The maximum Gasteiger partial charge on any atom is 0.0350 e. The molecule has 0 aliphatic heterocycles. The summed E-state index contributed by atoms with van der Waals surface area (Å²) in [6, 6.07) is 8.63. The molecule has 0 radical (unpaired) electrons. The van der Waals surface area contributed by atoms with E-state index in [2.05, 4.69) is 59.1 Å². The number of nitrogens with one attached hydrogen (secondary N) is 1. The van der Waals surface area contributed by atoms with Gasteiger partial charge in [-0.25, -0.2) is 0 Å². The van der Waals surface area contributed by atoms with Gasteiger partial charge in [-0.15, -0.1) is 0 Å². The second kappa shape index (κ2) is 5.89.